The summed E-state index contributed by atoms with van der Waals surface area (Å²) in [6.45, 7) is 8.87. The van der Waals surface area contributed by atoms with Crippen LogP contribution in [-0.2, 0) is 6.54 Å². The molecule has 2 heterocycles. The lowest BCUT2D eigenvalue weighted by Gasteiger charge is -2.15. The Labute approximate surface area is 123 Å². The Hall–Kier alpha value is -2.18. The molecule has 0 radical (unpaired) electrons. The number of rotatable bonds is 5. The maximum Gasteiger partial charge on any atom is 0.255 e. The largest absolute Gasteiger partial charge is 0.479 e. The van der Waals surface area contributed by atoms with E-state index in [-0.39, 0.29) is 11.9 Å². The van der Waals surface area contributed by atoms with Gasteiger partial charge in [0, 0.05) is 17.8 Å². The van der Waals surface area contributed by atoms with Crippen molar-refractivity contribution in [2.45, 2.75) is 40.3 Å². The van der Waals surface area contributed by atoms with Crippen LogP contribution < -0.4 is 10.1 Å². The van der Waals surface area contributed by atoms with Gasteiger partial charge in [-0.15, -0.1) is 0 Å². The summed E-state index contributed by atoms with van der Waals surface area (Å²) in [5.74, 6) is -0.330. The van der Waals surface area contributed by atoms with Crippen LogP contribution in [0.3, 0.4) is 0 Å². The van der Waals surface area contributed by atoms with Crippen LogP contribution in [0.4, 0.5) is 10.3 Å². The van der Waals surface area contributed by atoms with E-state index in [1.54, 1.807) is 0 Å². The molecule has 7 heteroatoms. The molecule has 21 heavy (non-hydrogen) atoms. The van der Waals surface area contributed by atoms with E-state index in [1.165, 1.54) is 7.11 Å². The van der Waals surface area contributed by atoms with E-state index in [0.29, 0.717) is 5.95 Å². The van der Waals surface area contributed by atoms with Crippen LogP contribution in [0.25, 0.3) is 0 Å². The zero-order valence-corrected chi connectivity index (χ0v) is 12.9. The van der Waals surface area contributed by atoms with Gasteiger partial charge in [0.05, 0.1) is 25.0 Å². The topological polar surface area (TPSA) is 64.9 Å². The summed E-state index contributed by atoms with van der Waals surface area (Å²) in [5.41, 5.74) is 3.16. The SMILES string of the molecule is CCn1nc(C)c(C(C)Nc2ncc(F)c(OC)n2)c1C. The van der Waals surface area contributed by atoms with Gasteiger partial charge in [0.1, 0.15) is 0 Å². The molecule has 0 bridgehead atoms. The van der Waals surface area contributed by atoms with Gasteiger partial charge >= 0.3 is 0 Å². The normalized spacial score (nSPS) is 12.3. The third kappa shape index (κ3) is 2.96. The number of nitrogens with zero attached hydrogens (tertiary/aromatic N) is 4. The molecule has 1 unspecified atom stereocenters. The maximum atomic E-state index is 13.3. The van der Waals surface area contributed by atoms with Gasteiger partial charge < -0.3 is 10.1 Å². The molecule has 114 valence electrons. The Bertz CT molecular complexity index is 641. The molecule has 1 N–H and O–H groups in total. The predicted octanol–water partition coefficient (Wildman–Crippen LogP) is 2.63. The third-order valence-electron chi connectivity index (χ3n) is 3.42. The van der Waals surface area contributed by atoms with Gasteiger partial charge in [0.15, 0.2) is 0 Å². The van der Waals surface area contributed by atoms with E-state index in [0.717, 1.165) is 29.7 Å². The van der Waals surface area contributed by atoms with Crippen LogP contribution in [0.5, 0.6) is 5.88 Å². The molecule has 0 aromatic carbocycles. The molecule has 6 nitrogen and oxygen atoms in total. The monoisotopic (exact) mass is 293 g/mol. The maximum absolute atomic E-state index is 13.3. The quantitative estimate of drug-likeness (QED) is 0.918. The first-order chi connectivity index (χ1) is 9.97. The minimum absolute atomic E-state index is 0.0412. The molecule has 0 saturated carbocycles. The molecular weight excluding hydrogens is 273 g/mol. The van der Waals surface area contributed by atoms with E-state index >= 15 is 0 Å². The fourth-order valence-electron chi connectivity index (χ4n) is 2.48. The highest BCUT2D eigenvalue weighted by Gasteiger charge is 2.18. The molecule has 0 fully saturated rings. The highest BCUT2D eigenvalue weighted by atomic mass is 19.1. The molecule has 2 rings (SSSR count). The summed E-state index contributed by atoms with van der Waals surface area (Å²) in [4.78, 5) is 7.93. The number of aromatic nitrogens is 4. The highest BCUT2D eigenvalue weighted by molar-refractivity contribution is 5.37. The second-order valence-electron chi connectivity index (χ2n) is 4.82. The molecule has 0 aliphatic heterocycles. The lowest BCUT2D eigenvalue weighted by Crippen LogP contribution is -2.12. The van der Waals surface area contributed by atoms with Crippen molar-refractivity contribution in [2.75, 3.05) is 12.4 Å². The number of methoxy groups -OCH3 is 1. The molecule has 2 aromatic rings. The van der Waals surface area contributed by atoms with E-state index < -0.39 is 5.82 Å². The van der Waals surface area contributed by atoms with E-state index in [1.807, 2.05) is 25.5 Å². The Kier molecular flexibility index (Phi) is 4.40. The number of anilines is 1. The summed E-state index contributed by atoms with van der Waals surface area (Å²) in [6.07, 6.45) is 1.09. The minimum Gasteiger partial charge on any atom is -0.479 e. The summed E-state index contributed by atoms with van der Waals surface area (Å²) < 4.78 is 20.1. The summed E-state index contributed by atoms with van der Waals surface area (Å²) in [7, 11) is 1.37. The van der Waals surface area contributed by atoms with Gasteiger partial charge in [0.2, 0.25) is 11.8 Å². The number of ether oxygens (including phenoxy) is 1. The van der Waals surface area contributed by atoms with E-state index in [2.05, 4.69) is 27.3 Å². The van der Waals surface area contributed by atoms with Crippen molar-refractivity contribution in [3.05, 3.63) is 29.0 Å². The van der Waals surface area contributed by atoms with Gasteiger partial charge in [-0.05, 0) is 27.7 Å². The first kappa shape index (κ1) is 15.2. The zero-order chi connectivity index (χ0) is 15.6. The average Bonchev–Trinajstić information content (AvgIpc) is 2.75. The van der Waals surface area contributed by atoms with Gasteiger partial charge in [-0.3, -0.25) is 4.68 Å². The highest BCUT2D eigenvalue weighted by Crippen LogP contribution is 2.24. The van der Waals surface area contributed by atoms with E-state index in [4.69, 9.17) is 4.74 Å². The minimum atomic E-state index is -0.582. The molecule has 0 aliphatic carbocycles. The Morgan fingerprint density at radius 1 is 1.43 bits per heavy atom. The van der Waals surface area contributed by atoms with Crippen LogP contribution >= 0.6 is 0 Å². The molecule has 1 atom stereocenters. The fourth-order valence-corrected chi connectivity index (χ4v) is 2.48. The molecule has 0 saturated heterocycles. The Morgan fingerprint density at radius 3 is 2.71 bits per heavy atom. The van der Waals surface area contributed by atoms with Crippen molar-refractivity contribution in [1.29, 1.82) is 0 Å². The Morgan fingerprint density at radius 2 is 2.14 bits per heavy atom. The molecule has 0 aliphatic rings. The predicted molar refractivity (Wildman–Crippen MR) is 78.0 cm³/mol. The van der Waals surface area contributed by atoms with Gasteiger partial charge in [0.25, 0.3) is 5.88 Å². The number of halogens is 1. The van der Waals surface area contributed by atoms with Crippen molar-refractivity contribution >= 4 is 5.95 Å². The van der Waals surface area contributed by atoms with Crippen molar-refractivity contribution in [3.8, 4) is 5.88 Å². The number of hydrogen-bond donors (Lipinski definition) is 1. The molecular formula is C14H20FN5O. The Balaban J connectivity index is 2.26. The summed E-state index contributed by atoms with van der Waals surface area (Å²) in [5, 5.41) is 7.65. The van der Waals surface area contributed by atoms with Crippen molar-refractivity contribution in [3.63, 3.8) is 0 Å². The number of hydrogen-bond acceptors (Lipinski definition) is 5. The van der Waals surface area contributed by atoms with Gasteiger partial charge in [-0.2, -0.15) is 14.5 Å². The van der Waals surface area contributed by atoms with Gasteiger partial charge in [-0.1, -0.05) is 0 Å². The average molecular weight is 293 g/mol. The van der Waals surface area contributed by atoms with Crippen LogP contribution in [0, 0.1) is 19.7 Å². The van der Waals surface area contributed by atoms with Crippen LogP contribution in [-0.4, -0.2) is 26.9 Å². The molecule has 0 amide bonds. The van der Waals surface area contributed by atoms with Crippen molar-refractivity contribution in [2.24, 2.45) is 0 Å². The van der Waals surface area contributed by atoms with Crippen LogP contribution in [0.2, 0.25) is 0 Å². The number of nitrogens with one attached hydrogen (secondary N) is 1. The van der Waals surface area contributed by atoms with Crippen molar-refractivity contribution < 1.29 is 9.13 Å². The lowest BCUT2D eigenvalue weighted by atomic mass is 10.1. The summed E-state index contributed by atoms with van der Waals surface area (Å²) in [6, 6.07) is -0.0412. The first-order valence-electron chi connectivity index (χ1n) is 6.84. The standard InChI is InChI=1S/C14H20FN5O/c1-6-20-10(4)12(9(3)19-20)8(2)17-14-16-7-11(15)13(18-14)21-5/h7-8H,6H2,1-5H3,(H,16,17,18). The smallest absolute Gasteiger partial charge is 0.255 e. The van der Waals surface area contributed by atoms with E-state index in [9.17, 15) is 4.39 Å². The molecule has 0 spiro atoms. The molecule has 2 aromatic heterocycles. The fraction of sp³-hybridized carbons (Fsp3) is 0.500. The zero-order valence-electron chi connectivity index (χ0n) is 12.9. The van der Waals surface area contributed by atoms with Crippen molar-refractivity contribution in [1.82, 2.24) is 19.7 Å². The third-order valence-corrected chi connectivity index (χ3v) is 3.42. The van der Waals surface area contributed by atoms with Crippen LogP contribution in [0.1, 0.15) is 36.8 Å². The van der Waals surface area contributed by atoms with Crippen LogP contribution in [0.15, 0.2) is 6.20 Å². The number of aryl methyl sites for hydroxylation is 2. The first-order valence-corrected chi connectivity index (χ1v) is 6.84. The summed E-state index contributed by atoms with van der Waals surface area (Å²) >= 11 is 0. The second kappa shape index (κ2) is 6.07. The van der Waals surface area contributed by atoms with Gasteiger partial charge in [-0.25, -0.2) is 4.98 Å². The second-order valence-corrected chi connectivity index (χ2v) is 4.82. The lowest BCUT2D eigenvalue weighted by molar-refractivity contribution is 0.367.